The molecule has 2 heterocycles. The first-order valence-corrected chi connectivity index (χ1v) is 10.8. The van der Waals surface area contributed by atoms with Crippen LogP contribution < -0.4 is 18.9 Å². The molecule has 0 fully saturated rings. The van der Waals surface area contributed by atoms with Gasteiger partial charge in [-0.15, -0.1) is 0 Å². The highest BCUT2D eigenvalue weighted by Gasteiger charge is 2.29. The molecule has 0 saturated carbocycles. The summed E-state index contributed by atoms with van der Waals surface area (Å²) in [4.78, 5) is 25.2. The van der Waals surface area contributed by atoms with Gasteiger partial charge in [0.05, 0.1) is 25.7 Å². The predicted molar refractivity (Wildman–Crippen MR) is 123 cm³/mol. The van der Waals surface area contributed by atoms with Gasteiger partial charge in [0.2, 0.25) is 5.78 Å². The van der Waals surface area contributed by atoms with Crippen LogP contribution in [0.4, 0.5) is 0 Å². The molecule has 34 heavy (non-hydrogen) atoms. The first-order chi connectivity index (χ1) is 16.5. The molecule has 0 radical (unpaired) electrons. The van der Waals surface area contributed by atoms with E-state index in [2.05, 4.69) is 0 Å². The van der Waals surface area contributed by atoms with Crippen LogP contribution in [0, 0.1) is 0 Å². The van der Waals surface area contributed by atoms with Crippen molar-refractivity contribution in [2.75, 3.05) is 13.9 Å². The lowest BCUT2D eigenvalue weighted by atomic mass is 10.1. The number of allylic oxidation sites excluding steroid dienone is 1. The molecule has 0 unspecified atom stereocenters. The summed E-state index contributed by atoms with van der Waals surface area (Å²) < 4.78 is 27.3. The second-order valence-corrected chi connectivity index (χ2v) is 8.13. The van der Waals surface area contributed by atoms with Crippen molar-refractivity contribution in [1.29, 1.82) is 0 Å². The number of ether oxygens (including phenoxy) is 5. The summed E-state index contributed by atoms with van der Waals surface area (Å²) in [5.74, 6) is 1.31. The molecule has 0 N–H and O–H groups in total. The number of Topliss-reactive ketones (excluding diaryl/α,β-unsaturated/α-hetero) is 1. The van der Waals surface area contributed by atoms with Crippen LogP contribution >= 0.6 is 11.6 Å². The molecule has 0 saturated heterocycles. The number of carbonyl (C=O) groups excluding carboxylic acids is 2. The molecule has 0 atom stereocenters. The van der Waals surface area contributed by atoms with E-state index in [1.807, 2.05) is 0 Å². The maximum atomic E-state index is 12.9. The van der Waals surface area contributed by atoms with Gasteiger partial charge in [0.15, 0.2) is 12.6 Å². The van der Waals surface area contributed by atoms with Crippen molar-refractivity contribution in [2.45, 2.75) is 13.0 Å². The Kier molecular flexibility index (Phi) is 5.96. The molecular weight excluding hydrogens is 460 g/mol. The second kappa shape index (κ2) is 9.21. The molecule has 3 aromatic carbocycles. The lowest BCUT2D eigenvalue weighted by Gasteiger charge is -2.20. The summed E-state index contributed by atoms with van der Waals surface area (Å²) in [7, 11) is 1.58. The SMILES string of the molecule is COc1ccc(CC(=O)Oc2ccc3c(c2)O/C(=C\c2cc(Cl)cc4c2OCOC4)C3=O)cc1. The quantitative estimate of drug-likeness (QED) is 0.290. The van der Waals surface area contributed by atoms with Gasteiger partial charge in [-0.25, -0.2) is 0 Å². The summed E-state index contributed by atoms with van der Waals surface area (Å²) in [6.07, 6.45) is 1.68. The van der Waals surface area contributed by atoms with Gasteiger partial charge < -0.3 is 23.7 Å². The van der Waals surface area contributed by atoms with Crippen LogP contribution in [0.25, 0.3) is 6.08 Å². The molecule has 8 heteroatoms. The summed E-state index contributed by atoms with van der Waals surface area (Å²) >= 11 is 6.21. The van der Waals surface area contributed by atoms with E-state index in [1.54, 1.807) is 61.7 Å². The molecule has 172 valence electrons. The van der Waals surface area contributed by atoms with Gasteiger partial charge in [-0.05, 0) is 48.0 Å². The van der Waals surface area contributed by atoms with Gasteiger partial charge in [0.1, 0.15) is 23.0 Å². The highest BCUT2D eigenvalue weighted by atomic mass is 35.5. The molecule has 2 aliphatic rings. The fraction of sp³-hybridized carbons (Fsp3) is 0.154. The smallest absolute Gasteiger partial charge is 0.315 e. The lowest BCUT2D eigenvalue weighted by molar-refractivity contribution is -0.133. The fourth-order valence-electron chi connectivity index (χ4n) is 3.77. The maximum absolute atomic E-state index is 12.9. The van der Waals surface area contributed by atoms with E-state index in [9.17, 15) is 9.59 Å². The van der Waals surface area contributed by atoms with Gasteiger partial charge in [-0.3, -0.25) is 9.59 Å². The molecule has 0 aromatic heterocycles. The van der Waals surface area contributed by atoms with Crippen molar-refractivity contribution in [3.8, 4) is 23.0 Å². The minimum atomic E-state index is -0.435. The van der Waals surface area contributed by atoms with E-state index < -0.39 is 5.97 Å². The number of ketones is 1. The largest absolute Gasteiger partial charge is 0.497 e. The Hall–Kier alpha value is -3.81. The van der Waals surface area contributed by atoms with Gasteiger partial charge in [-0.2, -0.15) is 0 Å². The zero-order valence-electron chi connectivity index (χ0n) is 18.1. The maximum Gasteiger partial charge on any atom is 0.315 e. The molecule has 0 amide bonds. The van der Waals surface area contributed by atoms with Crippen LogP contribution in [0.1, 0.15) is 27.0 Å². The van der Waals surface area contributed by atoms with E-state index in [-0.39, 0.29) is 30.5 Å². The fourth-order valence-corrected chi connectivity index (χ4v) is 4.01. The zero-order chi connectivity index (χ0) is 23.7. The van der Waals surface area contributed by atoms with Crippen molar-refractivity contribution in [1.82, 2.24) is 0 Å². The number of methoxy groups -OCH3 is 1. The first kappa shape index (κ1) is 22.0. The Balaban J connectivity index is 1.33. The topological polar surface area (TPSA) is 80.3 Å². The van der Waals surface area contributed by atoms with E-state index in [0.717, 1.165) is 11.1 Å². The monoisotopic (exact) mass is 478 g/mol. The summed E-state index contributed by atoms with van der Waals surface area (Å²) in [6, 6.07) is 15.3. The number of hydrogen-bond donors (Lipinski definition) is 0. The third kappa shape index (κ3) is 4.48. The third-order valence-corrected chi connectivity index (χ3v) is 5.59. The molecule has 0 bridgehead atoms. The van der Waals surface area contributed by atoms with E-state index in [4.69, 9.17) is 35.3 Å². The number of rotatable bonds is 5. The third-order valence-electron chi connectivity index (χ3n) is 5.37. The van der Waals surface area contributed by atoms with Gasteiger partial charge >= 0.3 is 5.97 Å². The van der Waals surface area contributed by atoms with Crippen LogP contribution in [-0.2, 0) is 22.6 Å². The molecule has 5 rings (SSSR count). The van der Waals surface area contributed by atoms with Crippen LogP contribution in [0.3, 0.4) is 0 Å². The number of esters is 1. The Labute approximate surface area is 200 Å². The lowest BCUT2D eigenvalue weighted by Crippen LogP contribution is -2.12. The van der Waals surface area contributed by atoms with Crippen molar-refractivity contribution in [2.24, 2.45) is 0 Å². The molecule has 3 aromatic rings. The number of benzene rings is 3. The Morgan fingerprint density at radius 2 is 1.88 bits per heavy atom. The van der Waals surface area contributed by atoms with Crippen molar-refractivity contribution in [3.63, 3.8) is 0 Å². The van der Waals surface area contributed by atoms with Crippen molar-refractivity contribution >= 4 is 29.4 Å². The van der Waals surface area contributed by atoms with Gasteiger partial charge in [0.25, 0.3) is 0 Å². The zero-order valence-corrected chi connectivity index (χ0v) is 18.9. The van der Waals surface area contributed by atoms with Crippen LogP contribution in [0.5, 0.6) is 23.0 Å². The normalized spacial score (nSPS) is 15.2. The number of fused-ring (bicyclic) bond motifs is 2. The average molecular weight is 479 g/mol. The van der Waals surface area contributed by atoms with Crippen LogP contribution in [0.2, 0.25) is 5.02 Å². The van der Waals surface area contributed by atoms with Crippen LogP contribution in [0.15, 0.2) is 60.4 Å². The molecule has 0 spiro atoms. The minimum absolute atomic E-state index is 0.0929. The highest BCUT2D eigenvalue weighted by molar-refractivity contribution is 6.31. The minimum Gasteiger partial charge on any atom is -0.497 e. The molecule has 2 aliphatic heterocycles. The second-order valence-electron chi connectivity index (χ2n) is 7.69. The van der Waals surface area contributed by atoms with Crippen molar-refractivity contribution in [3.05, 3.63) is 87.6 Å². The summed E-state index contributed by atoms with van der Waals surface area (Å²) in [6.45, 7) is 0.484. The predicted octanol–water partition coefficient (Wildman–Crippen LogP) is 4.98. The number of halogens is 1. The standard InChI is InChI=1S/C26H19ClO7/c1-30-19-4-2-15(3-5-19)8-24(28)33-20-6-7-21-22(12-20)34-23(25(21)29)11-16-9-18(27)10-17-13-31-14-32-26(16)17/h2-7,9-12H,8,13-14H2,1H3/b23-11-. The highest BCUT2D eigenvalue weighted by Crippen LogP contribution is 2.38. The van der Waals surface area contributed by atoms with E-state index in [0.29, 0.717) is 40.0 Å². The Morgan fingerprint density at radius 1 is 1.09 bits per heavy atom. The molecule has 0 aliphatic carbocycles. The van der Waals surface area contributed by atoms with Crippen LogP contribution in [-0.4, -0.2) is 25.7 Å². The molecule has 7 nitrogen and oxygen atoms in total. The average Bonchev–Trinajstić information content (AvgIpc) is 3.13. The van der Waals surface area contributed by atoms with Gasteiger partial charge in [-0.1, -0.05) is 23.7 Å². The van der Waals surface area contributed by atoms with E-state index >= 15 is 0 Å². The van der Waals surface area contributed by atoms with Gasteiger partial charge in [0, 0.05) is 22.2 Å². The number of hydrogen-bond acceptors (Lipinski definition) is 7. The van der Waals surface area contributed by atoms with Crippen molar-refractivity contribution < 1.29 is 33.3 Å². The Bertz CT molecular complexity index is 1310. The first-order valence-electron chi connectivity index (χ1n) is 10.4. The molecular formula is C26H19ClO7. The summed E-state index contributed by atoms with van der Waals surface area (Å²) in [5, 5.41) is 0.494. The summed E-state index contributed by atoms with van der Waals surface area (Å²) in [5.41, 5.74) is 2.58. The van der Waals surface area contributed by atoms with E-state index in [1.165, 1.54) is 6.07 Å². The Morgan fingerprint density at radius 3 is 2.68 bits per heavy atom. The number of carbonyl (C=O) groups is 2.